The number of carbonyl (C=O) groups excluding carboxylic acids is 1. The van der Waals surface area contributed by atoms with Gasteiger partial charge in [0.1, 0.15) is 0 Å². The molecule has 0 fully saturated rings. The minimum Gasteiger partial charge on any atom is -0.349 e. The van der Waals surface area contributed by atoms with E-state index in [1.54, 1.807) is 0 Å². The minimum atomic E-state index is -0.0138. The number of thioether (sulfide) groups is 1. The van der Waals surface area contributed by atoms with E-state index in [0.29, 0.717) is 11.7 Å². The fourth-order valence-electron chi connectivity index (χ4n) is 2.56. The highest BCUT2D eigenvalue weighted by Crippen LogP contribution is 2.23. The fourth-order valence-corrected chi connectivity index (χ4v) is 3.74. The molecule has 6 heteroatoms. The highest BCUT2D eigenvalue weighted by Gasteiger charge is 2.15. The van der Waals surface area contributed by atoms with Crippen molar-refractivity contribution in [2.45, 2.75) is 52.4 Å². The lowest BCUT2D eigenvalue weighted by atomic mass is 10.1. The third-order valence-electron chi connectivity index (χ3n) is 4.05. The van der Waals surface area contributed by atoms with Gasteiger partial charge >= 0.3 is 0 Å². The van der Waals surface area contributed by atoms with Crippen molar-refractivity contribution in [2.24, 2.45) is 5.92 Å². The zero-order chi connectivity index (χ0) is 18.6. The Labute approximate surface area is 162 Å². The second kappa shape index (κ2) is 8.90. The quantitative estimate of drug-likeness (QED) is 0.644. The van der Waals surface area contributed by atoms with Crippen molar-refractivity contribution in [3.8, 4) is 0 Å². The maximum Gasteiger partial charge on any atom is 0.230 e. The van der Waals surface area contributed by atoms with Gasteiger partial charge in [-0.3, -0.25) is 4.79 Å². The average molecular weight is 424 g/mol. The molecule has 1 N–H and O–H groups in total. The first-order valence-electron chi connectivity index (χ1n) is 8.49. The Kier molecular flexibility index (Phi) is 7.14. The van der Waals surface area contributed by atoms with Crippen LogP contribution in [0.1, 0.15) is 43.8 Å². The van der Waals surface area contributed by atoms with Gasteiger partial charge in [-0.2, -0.15) is 0 Å². The van der Waals surface area contributed by atoms with Crippen molar-refractivity contribution in [1.29, 1.82) is 0 Å². The van der Waals surface area contributed by atoms with E-state index >= 15 is 0 Å². The number of rotatable bonds is 7. The van der Waals surface area contributed by atoms with Gasteiger partial charge in [0.25, 0.3) is 0 Å². The van der Waals surface area contributed by atoms with Gasteiger partial charge in [-0.15, -0.1) is 0 Å². The number of halogens is 1. The molecule has 0 bridgehead atoms. The van der Waals surface area contributed by atoms with Crippen LogP contribution in [-0.2, 0) is 11.3 Å². The van der Waals surface area contributed by atoms with E-state index in [-0.39, 0.29) is 11.9 Å². The first-order valence-corrected chi connectivity index (χ1v) is 10.3. The van der Waals surface area contributed by atoms with E-state index in [9.17, 15) is 4.79 Å². The molecule has 1 aromatic heterocycles. The summed E-state index contributed by atoms with van der Waals surface area (Å²) in [4.78, 5) is 16.9. The molecule has 2 aromatic rings. The van der Waals surface area contributed by atoms with Crippen LogP contribution < -0.4 is 5.32 Å². The normalized spacial score (nSPS) is 12.4. The van der Waals surface area contributed by atoms with Crippen LogP contribution in [0.25, 0.3) is 0 Å². The number of amides is 1. The summed E-state index contributed by atoms with van der Waals surface area (Å²) in [6.45, 7) is 11.4. The molecule has 0 spiro atoms. The average Bonchev–Trinajstić information content (AvgIpc) is 2.81. The standard InChI is InChI=1S/C19H26BrN3OS/c1-12(2)10-23-15(5)13(3)22-19(23)25-11-18(24)21-14(4)16-6-8-17(20)9-7-16/h6-9,12,14H,10-11H2,1-5H3,(H,21,24)/t14-/m0/s1. The molecule has 0 aliphatic rings. The van der Waals surface area contributed by atoms with Gasteiger partial charge in [0.05, 0.1) is 17.5 Å². The lowest BCUT2D eigenvalue weighted by Crippen LogP contribution is -2.28. The molecule has 1 heterocycles. The van der Waals surface area contributed by atoms with Crippen molar-refractivity contribution in [3.05, 3.63) is 45.7 Å². The summed E-state index contributed by atoms with van der Waals surface area (Å²) in [5, 5.41) is 3.98. The van der Waals surface area contributed by atoms with Gasteiger partial charge in [-0.25, -0.2) is 4.98 Å². The molecule has 1 atom stereocenters. The molecule has 25 heavy (non-hydrogen) atoms. The van der Waals surface area contributed by atoms with E-state index in [1.165, 1.54) is 17.5 Å². The van der Waals surface area contributed by atoms with Crippen molar-refractivity contribution in [3.63, 3.8) is 0 Å². The molecule has 0 radical (unpaired) electrons. The summed E-state index contributed by atoms with van der Waals surface area (Å²) < 4.78 is 3.25. The Bertz CT molecular complexity index is 725. The number of carbonyl (C=O) groups is 1. The van der Waals surface area contributed by atoms with E-state index < -0.39 is 0 Å². The Morgan fingerprint density at radius 3 is 2.48 bits per heavy atom. The van der Waals surface area contributed by atoms with Crippen molar-refractivity contribution in [2.75, 3.05) is 5.75 Å². The van der Waals surface area contributed by atoms with E-state index in [2.05, 4.69) is 51.6 Å². The van der Waals surface area contributed by atoms with Gasteiger partial charge in [-0.1, -0.05) is 53.7 Å². The molecular formula is C19H26BrN3OS. The second-order valence-electron chi connectivity index (χ2n) is 6.70. The number of benzene rings is 1. The van der Waals surface area contributed by atoms with E-state index in [0.717, 1.165) is 27.4 Å². The highest BCUT2D eigenvalue weighted by molar-refractivity contribution is 9.10. The number of hydrogen-bond acceptors (Lipinski definition) is 3. The molecule has 0 saturated heterocycles. The van der Waals surface area contributed by atoms with Crippen LogP contribution in [0.2, 0.25) is 0 Å². The van der Waals surface area contributed by atoms with Crippen molar-refractivity contribution < 1.29 is 4.79 Å². The third-order valence-corrected chi connectivity index (χ3v) is 5.56. The van der Waals surface area contributed by atoms with Gasteiger partial charge in [0, 0.05) is 16.7 Å². The van der Waals surface area contributed by atoms with E-state index in [4.69, 9.17) is 0 Å². The molecular weight excluding hydrogens is 398 g/mol. The zero-order valence-electron chi connectivity index (χ0n) is 15.5. The Balaban J connectivity index is 1.96. The zero-order valence-corrected chi connectivity index (χ0v) is 17.9. The third kappa shape index (κ3) is 5.61. The smallest absolute Gasteiger partial charge is 0.230 e. The predicted octanol–water partition coefficient (Wildman–Crippen LogP) is 4.89. The molecule has 0 unspecified atom stereocenters. The van der Waals surface area contributed by atoms with Crippen LogP contribution in [0.4, 0.5) is 0 Å². The highest BCUT2D eigenvalue weighted by atomic mass is 79.9. The van der Waals surface area contributed by atoms with Crippen LogP contribution in [0, 0.1) is 19.8 Å². The Morgan fingerprint density at radius 2 is 1.88 bits per heavy atom. The number of aryl methyl sites for hydroxylation is 1. The van der Waals surface area contributed by atoms with Crippen LogP contribution in [0.3, 0.4) is 0 Å². The summed E-state index contributed by atoms with van der Waals surface area (Å²) >= 11 is 4.93. The molecule has 0 saturated carbocycles. The number of hydrogen-bond donors (Lipinski definition) is 1. The monoisotopic (exact) mass is 423 g/mol. The van der Waals surface area contributed by atoms with Gasteiger partial charge in [-0.05, 0) is 44.4 Å². The number of nitrogens with one attached hydrogen (secondary N) is 1. The largest absolute Gasteiger partial charge is 0.349 e. The molecule has 0 aliphatic heterocycles. The van der Waals surface area contributed by atoms with Gasteiger partial charge in [0.2, 0.25) is 5.91 Å². The lowest BCUT2D eigenvalue weighted by molar-refractivity contribution is -0.119. The summed E-state index contributed by atoms with van der Waals surface area (Å²) in [5.41, 5.74) is 3.31. The van der Waals surface area contributed by atoms with Crippen LogP contribution in [0.15, 0.2) is 33.9 Å². The topological polar surface area (TPSA) is 46.9 Å². The number of aromatic nitrogens is 2. The van der Waals surface area contributed by atoms with Crippen molar-refractivity contribution >= 4 is 33.6 Å². The maximum atomic E-state index is 12.3. The molecule has 2 rings (SSSR count). The SMILES string of the molecule is Cc1nc(SCC(=O)N[C@@H](C)c2ccc(Br)cc2)n(CC(C)C)c1C. The van der Waals surface area contributed by atoms with Crippen LogP contribution in [0.5, 0.6) is 0 Å². The number of nitrogens with zero attached hydrogens (tertiary/aromatic N) is 2. The van der Waals surface area contributed by atoms with Gasteiger partial charge < -0.3 is 9.88 Å². The molecule has 1 amide bonds. The van der Waals surface area contributed by atoms with Crippen LogP contribution in [-0.4, -0.2) is 21.2 Å². The molecule has 4 nitrogen and oxygen atoms in total. The molecule has 1 aromatic carbocycles. The minimum absolute atomic E-state index is 0.0138. The summed E-state index contributed by atoms with van der Waals surface area (Å²) in [5.74, 6) is 0.933. The predicted molar refractivity (Wildman–Crippen MR) is 108 cm³/mol. The number of imidazole rings is 1. The molecule has 0 aliphatic carbocycles. The van der Waals surface area contributed by atoms with E-state index in [1.807, 2.05) is 38.1 Å². The van der Waals surface area contributed by atoms with Crippen molar-refractivity contribution in [1.82, 2.24) is 14.9 Å². The van der Waals surface area contributed by atoms with Crippen LogP contribution >= 0.6 is 27.7 Å². The first-order chi connectivity index (χ1) is 11.8. The first kappa shape index (κ1) is 20.0. The lowest BCUT2D eigenvalue weighted by Gasteiger charge is -2.15. The maximum absolute atomic E-state index is 12.3. The summed E-state index contributed by atoms with van der Waals surface area (Å²) in [7, 11) is 0. The second-order valence-corrected chi connectivity index (χ2v) is 8.56. The Morgan fingerprint density at radius 1 is 1.24 bits per heavy atom. The van der Waals surface area contributed by atoms with Gasteiger partial charge in [0.15, 0.2) is 5.16 Å². The summed E-state index contributed by atoms with van der Waals surface area (Å²) in [6.07, 6.45) is 0. The molecule has 136 valence electrons. The summed E-state index contributed by atoms with van der Waals surface area (Å²) in [6, 6.07) is 8.00. The fraction of sp³-hybridized carbons (Fsp3) is 0.474. The Hall–Kier alpha value is -1.27.